The molecule has 4 N–H and O–H groups in total. The molecular weight excluding hydrogens is 262 g/mol. The topological polar surface area (TPSA) is 113 Å². The van der Waals surface area contributed by atoms with Crippen molar-refractivity contribution in [2.24, 2.45) is 16.6 Å². The van der Waals surface area contributed by atoms with E-state index in [1.807, 2.05) is 0 Å². The van der Waals surface area contributed by atoms with E-state index in [0.717, 1.165) is 0 Å². The van der Waals surface area contributed by atoms with Crippen molar-refractivity contribution in [3.63, 3.8) is 0 Å². The van der Waals surface area contributed by atoms with Crippen LogP contribution in [0.2, 0.25) is 0 Å². The summed E-state index contributed by atoms with van der Waals surface area (Å²) in [5.41, 5.74) is 3.67. The normalized spacial score (nSPS) is 18.4. The molecule has 0 aromatic heterocycles. The fourth-order valence-electron chi connectivity index (χ4n) is 1.91. The maximum Gasteiger partial charge on any atom is 0.317 e. The summed E-state index contributed by atoms with van der Waals surface area (Å²) in [7, 11) is 0. The average Bonchev–Trinajstić information content (AvgIpc) is 2.36. The van der Waals surface area contributed by atoms with Gasteiger partial charge in [0, 0.05) is 19.6 Å². The molecular formula is C13H23N3O4. The van der Waals surface area contributed by atoms with Crippen LogP contribution in [-0.2, 0) is 9.59 Å². The Hall–Kier alpha value is -1.79. The molecule has 0 aromatic carbocycles. The minimum absolute atomic E-state index is 0.161. The Morgan fingerprint density at radius 3 is 2.20 bits per heavy atom. The van der Waals surface area contributed by atoms with Gasteiger partial charge in [0.2, 0.25) is 5.91 Å². The van der Waals surface area contributed by atoms with Crippen LogP contribution in [0.3, 0.4) is 0 Å². The Morgan fingerprint density at radius 2 is 1.80 bits per heavy atom. The van der Waals surface area contributed by atoms with Gasteiger partial charge in [-0.05, 0) is 33.6 Å². The largest absolute Gasteiger partial charge is 0.481 e. The van der Waals surface area contributed by atoms with Crippen LogP contribution in [0.4, 0.5) is 4.79 Å². The Morgan fingerprint density at radius 1 is 1.30 bits per heavy atom. The standard InChI is InChI=1S/C13H23N3O4/c1-12(2,9(14)17)8-15-11(20)16-6-4-13(3,5-7-16)10(18)19/h4-8H2,1-3H3,(H2,14,17)(H,15,20)(H,18,19). The molecule has 0 saturated carbocycles. The van der Waals surface area contributed by atoms with Gasteiger partial charge in [-0.2, -0.15) is 0 Å². The van der Waals surface area contributed by atoms with Gasteiger partial charge >= 0.3 is 12.0 Å². The molecule has 1 rings (SSSR count). The van der Waals surface area contributed by atoms with Crippen molar-refractivity contribution in [1.29, 1.82) is 0 Å². The first kappa shape index (κ1) is 16.3. The Labute approximate surface area is 118 Å². The molecule has 1 aliphatic heterocycles. The van der Waals surface area contributed by atoms with Crippen molar-refractivity contribution in [2.45, 2.75) is 33.6 Å². The van der Waals surface area contributed by atoms with Crippen molar-refractivity contribution >= 4 is 17.9 Å². The van der Waals surface area contributed by atoms with Gasteiger partial charge in [-0.15, -0.1) is 0 Å². The number of primary amides is 1. The minimum Gasteiger partial charge on any atom is -0.481 e. The molecule has 7 heteroatoms. The summed E-state index contributed by atoms with van der Waals surface area (Å²) >= 11 is 0. The Kier molecular flexibility index (Phi) is 4.62. The SMILES string of the molecule is CC(C)(CNC(=O)N1CCC(C)(C(=O)O)CC1)C(N)=O. The van der Waals surface area contributed by atoms with Crippen molar-refractivity contribution < 1.29 is 19.5 Å². The van der Waals surface area contributed by atoms with Gasteiger partial charge < -0.3 is 21.1 Å². The lowest BCUT2D eigenvalue weighted by Crippen LogP contribution is -2.51. The number of likely N-dealkylation sites (tertiary alicyclic amines) is 1. The van der Waals surface area contributed by atoms with Gasteiger partial charge in [-0.1, -0.05) is 0 Å². The summed E-state index contributed by atoms with van der Waals surface area (Å²) in [4.78, 5) is 35.8. The van der Waals surface area contributed by atoms with E-state index in [4.69, 9.17) is 10.8 Å². The smallest absolute Gasteiger partial charge is 0.317 e. The molecule has 0 spiro atoms. The molecule has 0 aromatic rings. The molecule has 0 bridgehead atoms. The molecule has 114 valence electrons. The quantitative estimate of drug-likeness (QED) is 0.693. The lowest BCUT2D eigenvalue weighted by molar-refractivity contribution is -0.150. The van der Waals surface area contributed by atoms with Gasteiger partial charge in [-0.25, -0.2) is 4.79 Å². The molecule has 1 fully saturated rings. The van der Waals surface area contributed by atoms with E-state index in [0.29, 0.717) is 25.9 Å². The predicted molar refractivity (Wildman–Crippen MR) is 72.9 cm³/mol. The highest BCUT2D eigenvalue weighted by Crippen LogP contribution is 2.31. The van der Waals surface area contributed by atoms with E-state index in [-0.39, 0.29) is 12.6 Å². The summed E-state index contributed by atoms with van der Waals surface area (Å²) in [6.45, 7) is 5.96. The lowest BCUT2D eigenvalue weighted by Gasteiger charge is -2.36. The van der Waals surface area contributed by atoms with Crippen molar-refractivity contribution in [3.05, 3.63) is 0 Å². The first-order valence-corrected chi connectivity index (χ1v) is 6.64. The van der Waals surface area contributed by atoms with Crippen LogP contribution in [0, 0.1) is 10.8 Å². The summed E-state index contributed by atoms with van der Waals surface area (Å²) in [5.74, 6) is -1.30. The number of nitrogens with two attached hydrogens (primary N) is 1. The zero-order valence-electron chi connectivity index (χ0n) is 12.2. The van der Waals surface area contributed by atoms with Gasteiger partial charge in [0.25, 0.3) is 0 Å². The number of carboxylic acids is 1. The van der Waals surface area contributed by atoms with Gasteiger partial charge in [0.15, 0.2) is 0 Å². The lowest BCUT2D eigenvalue weighted by atomic mass is 9.80. The molecule has 3 amide bonds. The number of amides is 3. The minimum atomic E-state index is -0.826. The zero-order valence-corrected chi connectivity index (χ0v) is 12.2. The van der Waals surface area contributed by atoms with E-state index in [9.17, 15) is 14.4 Å². The van der Waals surface area contributed by atoms with Gasteiger partial charge in [-0.3, -0.25) is 9.59 Å². The number of nitrogens with one attached hydrogen (secondary N) is 1. The summed E-state index contributed by atoms with van der Waals surface area (Å²) in [5, 5.41) is 11.8. The van der Waals surface area contributed by atoms with E-state index < -0.39 is 22.7 Å². The van der Waals surface area contributed by atoms with E-state index in [1.165, 1.54) is 0 Å². The Bertz CT molecular complexity index is 412. The fraction of sp³-hybridized carbons (Fsp3) is 0.769. The van der Waals surface area contributed by atoms with Crippen LogP contribution in [0.5, 0.6) is 0 Å². The third-order valence-corrected chi connectivity index (χ3v) is 4.02. The number of carbonyl (C=O) groups is 3. The van der Waals surface area contributed by atoms with Crippen LogP contribution in [0.1, 0.15) is 33.6 Å². The predicted octanol–water partition coefficient (Wildman–Crippen LogP) is 0.394. The highest BCUT2D eigenvalue weighted by molar-refractivity contribution is 5.82. The Balaban J connectivity index is 2.48. The number of carbonyl (C=O) groups excluding carboxylic acids is 2. The summed E-state index contributed by atoms with van der Waals surface area (Å²) in [6.07, 6.45) is 0.851. The van der Waals surface area contributed by atoms with E-state index in [1.54, 1.807) is 25.7 Å². The van der Waals surface area contributed by atoms with Crippen LogP contribution < -0.4 is 11.1 Å². The fourth-order valence-corrected chi connectivity index (χ4v) is 1.91. The second kappa shape index (κ2) is 5.68. The highest BCUT2D eigenvalue weighted by Gasteiger charge is 2.38. The number of urea groups is 1. The molecule has 0 atom stereocenters. The summed E-state index contributed by atoms with van der Waals surface area (Å²) in [6, 6.07) is -0.285. The molecule has 0 unspecified atom stereocenters. The number of hydrogen-bond donors (Lipinski definition) is 3. The molecule has 7 nitrogen and oxygen atoms in total. The third-order valence-electron chi connectivity index (χ3n) is 4.02. The zero-order chi connectivity index (χ0) is 15.6. The second-order valence-corrected chi connectivity index (χ2v) is 6.26. The average molecular weight is 285 g/mol. The van der Waals surface area contributed by atoms with Crippen LogP contribution in [-0.4, -0.2) is 47.5 Å². The van der Waals surface area contributed by atoms with Crippen LogP contribution in [0.15, 0.2) is 0 Å². The first-order chi connectivity index (χ1) is 9.08. The van der Waals surface area contributed by atoms with Crippen molar-refractivity contribution in [1.82, 2.24) is 10.2 Å². The van der Waals surface area contributed by atoms with E-state index in [2.05, 4.69) is 5.32 Å². The van der Waals surface area contributed by atoms with Crippen LogP contribution in [0.25, 0.3) is 0 Å². The molecule has 0 aliphatic carbocycles. The molecule has 0 radical (unpaired) electrons. The number of carboxylic acid groups (broad SMARTS) is 1. The molecule has 1 aliphatic rings. The summed E-state index contributed by atoms with van der Waals surface area (Å²) < 4.78 is 0. The number of piperidine rings is 1. The number of aliphatic carboxylic acids is 1. The number of hydrogen-bond acceptors (Lipinski definition) is 3. The highest BCUT2D eigenvalue weighted by atomic mass is 16.4. The van der Waals surface area contributed by atoms with Gasteiger partial charge in [0.05, 0.1) is 10.8 Å². The van der Waals surface area contributed by atoms with Crippen molar-refractivity contribution in [2.75, 3.05) is 19.6 Å². The second-order valence-electron chi connectivity index (χ2n) is 6.26. The third kappa shape index (κ3) is 3.61. The molecule has 1 saturated heterocycles. The maximum absolute atomic E-state index is 12.0. The van der Waals surface area contributed by atoms with Gasteiger partial charge in [0.1, 0.15) is 0 Å². The van der Waals surface area contributed by atoms with E-state index >= 15 is 0 Å². The first-order valence-electron chi connectivity index (χ1n) is 6.64. The van der Waals surface area contributed by atoms with Crippen LogP contribution >= 0.6 is 0 Å². The number of rotatable bonds is 4. The molecule has 20 heavy (non-hydrogen) atoms. The molecule has 1 heterocycles. The number of nitrogens with zero attached hydrogens (tertiary/aromatic N) is 1. The maximum atomic E-state index is 12.0. The van der Waals surface area contributed by atoms with Crippen molar-refractivity contribution in [3.8, 4) is 0 Å². The monoisotopic (exact) mass is 285 g/mol.